The number of carbonyl (C=O) groups is 1. The highest BCUT2D eigenvalue weighted by Crippen LogP contribution is 2.31. The van der Waals surface area contributed by atoms with Crippen LogP contribution >= 0.6 is 11.6 Å². The van der Waals surface area contributed by atoms with Gasteiger partial charge < -0.3 is 15.0 Å². The second kappa shape index (κ2) is 4.25. The highest BCUT2D eigenvalue weighted by Gasteiger charge is 2.15. The Hall–Kier alpha value is -1.75. The van der Waals surface area contributed by atoms with Crippen LogP contribution in [0.25, 0.3) is 11.0 Å². The minimum atomic E-state index is -0.358. The molecule has 1 aromatic carbocycles. The largest absolute Gasteiger partial charge is 0.469 e. The van der Waals surface area contributed by atoms with Crippen LogP contribution in [0.4, 0.5) is 5.69 Å². The smallest absolute Gasteiger partial charge is 0.310 e. The van der Waals surface area contributed by atoms with Gasteiger partial charge in [-0.25, -0.2) is 4.98 Å². The zero-order chi connectivity index (χ0) is 12.6. The zero-order valence-electron chi connectivity index (χ0n) is 9.53. The quantitative estimate of drug-likeness (QED) is 0.651. The number of halogens is 1. The van der Waals surface area contributed by atoms with E-state index in [-0.39, 0.29) is 12.4 Å². The first-order valence-corrected chi connectivity index (χ1v) is 5.37. The summed E-state index contributed by atoms with van der Waals surface area (Å²) >= 11 is 6.17. The van der Waals surface area contributed by atoms with Crippen molar-refractivity contribution in [3.8, 4) is 0 Å². The predicted molar refractivity (Wildman–Crippen MR) is 65.9 cm³/mol. The van der Waals surface area contributed by atoms with Gasteiger partial charge in [-0.1, -0.05) is 11.6 Å². The number of ether oxygens (including phenoxy) is 1. The van der Waals surface area contributed by atoms with E-state index in [2.05, 4.69) is 9.72 Å². The molecule has 0 aliphatic rings. The van der Waals surface area contributed by atoms with Gasteiger partial charge in [-0.15, -0.1) is 0 Å². The van der Waals surface area contributed by atoms with E-state index in [1.54, 1.807) is 17.0 Å². The van der Waals surface area contributed by atoms with Crippen LogP contribution in [-0.4, -0.2) is 22.6 Å². The molecule has 17 heavy (non-hydrogen) atoms. The highest BCUT2D eigenvalue weighted by molar-refractivity contribution is 6.37. The Morgan fingerprint density at radius 3 is 3.00 bits per heavy atom. The molecular weight excluding hydrogens is 242 g/mol. The van der Waals surface area contributed by atoms with E-state index in [9.17, 15) is 4.79 Å². The van der Waals surface area contributed by atoms with Gasteiger partial charge >= 0.3 is 5.97 Å². The van der Waals surface area contributed by atoms with Crippen molar-refractivity contribution in [2.75, 3.05) is 12.8 Å². The van der Waals surface area contributed by atoms with Crippen LogP contribution in [0.1, 0.15) is 5.56 Å². The Morgan fingerprint density at radius 2 is 2.35 bits per heavy atom. The summed E-state index contributed by atoms with van der Waals surface area (Å²) in [6.07, 6.45) is 1.74. The molecule has 2 aromatic rings. The number of aryl methyl sites for hydroxylation is 1. The number of methoxy groups -OCH3 is 1. The molecule has 0 amide bonds. The molecule has 0 unspecified atom stereocenters. The molecule has 0 spiro atoms. The van der Waals surface area contributed by atoms with Crippen molar-refractivity contribution < 1.29 is 9.53 Å². The fourth-order valence-corrected chi connectivity index (χ4v) is 2.06. The van der Waals surface area contributed by atoms with Gasteiger partial charge in [-0.2, -0.15) is 0 Å². The van der Waals surface area contributed by atoms with E-state index in [0.29, 0.717) is 21.8 Å². The fraction of sp³-hybridized carbons (Fsp3) is 0.273. The van der Waals surface area contributed by atoms with Gasteiger partial charge in [0.2, 0.25) is 0 Å². The zero-order valence-corrected chi connectivity index (χ0v) is 10.3. The van der Waals surface area contributed by atoms with Crippen LogP contribution in [0.15, 0.2) is 12.4 Å². The number of fused-ring (bicyclic) bond motifs is 1. The number of nitrogens with zero attached hydrogens (tertiary/aromatic N) is 2. The van der Waals surface area contributed by atoms with E-state index in [1.807, 2.05) is 7.05 Å². The molecule has 5 nitrogen and oxygen atoms in total. The number of esters is 1. The third-order valence-corrected chi connectivity index (χ3v) is 3.01. The number of benzene rings is 1. The standard InChI is InChI=1S/C11H12ClN3O2/c1-15-5-14-7-3-6(4-8(16)17-2)10(13)9(12)11(7)15/h3,5H,4,13H2,1-2H3. The molecule has 2 rings (SSSR count). The first kappa shape index (κ1) is 11.7. The van der Waals surface area contributed by atoms with Gasteiger partial charge in [0.05, 0.1) is 41.6 Å². The third kappa shape index (κ3) is 1.93. The summed E-state index contributed by atoms with van der Waals surface area (Å²) in [5.74, 6) is -0.358. The van der Waals surface area contributed by atoms with E-state index < -0.39 is 0 Å². The average Bonchev–Trinajstić information content (AvgIpc) is 2.67. The number of carbonyl (C=O) groups excluding carboxylic acids is 1. The fourth-order valence-electron chi connectivity index (χ4n) is 1.71. The van der Waals surface area contributed by atoms with E-state index in [0.717, 1.165) is 5.52 Å². The van der Waals surface area contributed by atoms with Crippen molar-refractivity contribution in [1.82, 2.24) is 9.55 Å². The van der Waals surface area contributed by atoms with Gasteiger partial charge in [-0.3, -0.25) is 4.79 Å². The van der Waals surface area contributed by atoms with Crippen molar-refractivity contribution in [1.29, 1.82) is 0 Å². The van der Waals surface area contributed by atoms with Gasteiger partial charge in [0.15, 0.2) is 0 Å². The summed E-state index contributed by atoms with van der Waals surface area (Å²) in [7, 11) is 3.17. The molecule has 0 bridgehead atoms. The minimum absolute atomic E-state index is 0.0918. The van der Waals surface area contributed by atoms with Gasteiger partial charge in [-0.05, 0) is 11.6 Å². The molecule has 1 aromatic heterocycles. The van der Waals surface area contributed by atoms with Crippen LogP contribution < -0.4 is 5.73 Å². The number of nitrogen functional groups attached to an aromatic ring is 1. The molecule has 2 N–H and O–H groups in total. The molecule has 0 saturated heterocycles. The number of hydrogen-bond acceptors (Lipinski definition) is 4. The summed E-state index contributed by atoms with van der Waals surface area (Å²) in [5.41, 5.74) is 8.40. The average molecular weight is 254 g/mol. The second-order valence-electron chi connectivity index (χ2n) is 3.74. The third-order valence-electron chi connectivity index (χ3n) is 2.63. The van der Waals surface area contributed by atoms with Crippen LogP contribution in [0.2, 0.25) is 5.02 Å². The molecule has 0 fully saturated rings. The number of rotatable bonds is 2. The van der Waals surface area contributed by atoms with E-state index in [4.69, 9.17) is 17.3 Å². The molecule has 0 radical (unpaired) electrons. The van der Waals surface area contributed by atoms with Crippen molar-refractivity contribution in [3.63, 3.8) is 0 Å². The Labute approximate surface area is 103 Å². The Bertz CT molecular complexity index is 592. The highest BCUT2D eigenvalue weighted by atomic mass is 35.5. The molecule has 90 valence electrons. The Balaban J connectivity index is 2.58. The molecule has 1 heterocycles. The van der Waals surface area contributed by atoms with Crippen LogP contribution in [0.3, 0.4) is 0 Å². The summed E-state index contributed by atoms with van der Waals surface area (Å²) in [6, 6.07) is 1.76. The first-order chi connectivity index (χ1) is 8.04. The van der Waals surface area contributed by atoms with Crippen LogP contribution in [-0.2, 0) is 23.0 Å². The molecule has 0 saturated carbocycles. The van der Waals surface area contributed by atoms with E-state index >= 15 is 0 Å². The Morgan fingerprint density at radius 1 is 1.65 bits per heavy atom. The number of imidazole rings is 1. The number of hydrogen-bond donors (Lipinski definition) is 1. The lowest BCUT2D eigenvalue weighted by molar-refractivity contribution is -0.139. The van der Waals surface area contributed by atoms with Crippen LogP contribution in [0, 0.1) is 0 Å². The normalized spacial score (nSPS) is 10.8. The maximum absolute atomic E-state index is 11.2. The maximum Gasteiger partial charge on any atom is 0.310 e. The minimum Gasteiger partial charge on any atom is -0.469 e. The van der Waals surface area contributed by atoms with E-state index in [1.165, 1.54) is 7.11 Å². The lowest BCUT2D eigenvalue weighted by atomic mass is 10.1. The first-order valence-electron chi connectivity index (χ1n) is 4.99. The van der Waals surface area contributed by atoms with Gasteiger partial charge in [0, 0.05) is 7.05 Å². The number of aromatic nitrogens is 2. The summed E-state index contributed by atoms with van der Waals surface area (Å²) < 4.78 is 6.39. The van der Waals surface area contributed by atoms with Crippen molar-refractivity contribution in [2.45, 2.75) is 6.42 Å². The molecule has 0 aliphatic heterocycles. The van der Waals surface area contributed by atoms with Crippen molar-refractivity contribution >= 4 is 34.3 Å². The second-order valence-corrected chi connectivity index (χ2v) is 4.12. The summed E-state index contributed by atoms with van der Waals surface area (Å²) in [5, 5.41) is 0.418. The lowest BCUT2D eigenvalue weighted by Gasteiger charge is -2.08. The monoisotopic (exact) mass is 253 g/mol. The van der Waals surface area contributed by atoms with Crippen molar-refractivity contribution in [3.05, 3.63) is 23.0 Å². The molecular formula is C11H12ClN3O2. The lowest BCUT2D eigenvalue weighted by Crippen LogP contribution is -2.07. The maximum atomic E-state index is 11.2. The predicted octanol–water partition coefficient (Wildman–Crippen LogP) is 1.52. The number of anilines is 1. The number of nitrogens with two attached hydrogens (primary N) is 1. The van der Waals surface area contributed by atoms with Crippen LogP contribution in [0.5, 0.6) is 0 Å². The Kier molecular flexibility index (Phi) is 2.93. The van der Waals surface area contributed by atoms with Gasteiger partial charge in [0.1, 0.15) is 0 Å². The summed E-state index contributed by atoms with van der Waals surface area (Å²) in [6.45, 7) is 0. The topological polar surface area (TPSA) is 70.1 Å². The van der Waals surface area contributed by atoms with Crippen molar-refractivity contribution in [2.24, 2.45) is 7.05 Å². The van der Waals surface area contributed by atoms with Gasteiger partial charge in [0.25, 0.3) is 0 Å². The molecule has 6 heteroatoms. The molecule has 0 atom stereocenters. The summed E-state index contributed by atoms with van der Waals surface area (Å²) in [4.78, 5) is 15.4. The SMILES string of the molecule is COC(=O)Cc1cc2ncn(C)c2c(Cl)c1N. The molecule has 0 aliphatic carbocycles.